The maximum Gasteiger partial charge on any atom is 1.00 e. The normalized spacial score (nSPS) is 11.2. The van der Waals surface area contributed by atoms with Crippen molar-refractivity contribution < 1.29 is 39.5 Å². The van der Waals surface area contributed by atoms with Crippen molar-refractivity contribution in [2.45, 2.75) is 23.8 Å². The van der Waals surface area contributed by atoms with E-state index in [0.717, 1.165) is 16.7 Å². The van der Waals surface area contributed by atoms with Crippen molar-refractivity contribution in [3.63, 3.8) is 0 Å². The minimum atomic E-state index is -1.11. The van der Waals surface area contributed by atoms with Crippen LogP contribution in [0.25, 0.3) is 16.7 Å². The van der Waals surface area contributed by atoms with Crippen LogP contribution in [-0.2, 0) is 4.79 Å². The smallest absolute Gasteiger partial charge is 0.549 e. The second-order valence-electron chi connectivity index (χ2n) is 5.45. The molecule has 3 rings (SSSR count). The van der Waals surface area contributed by atoms with E-state index in [4.69, 9.17) is 0 Å². The summed E-state index contributed by atoms with van der Waals surface area (Å²) in [5, 5.41) is 12.0. The van der Waals surface area contributed by atoms with Crippen molar-refractivity contribution in [1.29, 1.82) is 0 Å². The van der Waals surface area contributed by atoms with Crippen LogP contribution in [0.3, 0.4) is 0 Å². The average Bonchev–Trinajstić information content (AvgIpc) is 2.85. The fourth-order valence-corrected chi connectivity index (χ4v) is 3.15. The number of carboxylic acids is 1. The van der Waals surface area contributed by atoms with Crippen molar-refractivity contribution >= 4 is 28.8 Å². The van der Waals surface area contributed by atoms with Gasteiger partial charge in [0, 0.05) is 5.69 Å². The zero-order valence-electron chi connectivity index (χ0n) is 13.3. The molecule has 0 N–H and O–H groups in total. The summed E-state index contributed by atoms with van der Waals surface area (Å²) in [5.41, 5.74) is 2.74. The summed E-state index contributed by atoms with van der Waals surface area (Å²) in [7, 11) is 0. The van der Waals surface area contributed by atoms with Crippen LogP contribution < -0.4 is 34.7 Å². The van der Waals surface area contributed by atoms with E-state index in [-0.39, 0.29) is 29.6 Å². The van der Waals surface area contributed by atoms with Gasteiger partial charge in [0.25, 0.3) is 0 Å². The van der Waals surface area contributed by atoms with Crippen LogP contribution in [0.15, 0.2) is 59.8 Å². The molecule has 0 atom stereocenters. The monoisotopic (exact) mass is 334 g/mol. The van der Waals surface area contributed by atoms with Crippen LogP contribution in [0.5, 0.6) is 0 Å². The summed E-state index contributed by atoms with van der Waals surface area (Å²) >= 11 is 1.19. The molecule has 112 valence electrons. The van der Waals surface area contributed by atoms with Crippen LogP contribution in [0.2, 0.25) is 0 Å². The number of imidazole rings is 1. The molecule has 0 aliphatic rings. The van der Waals surface area contributed by atoms with Crippen molar-refractivity contribution in [2.24, 2.45) is 0 Å². The second-order valence-corrected chi connectivity index (χ2v) is 7.04. The quantitative estimate of drug-likeness (QED) is 0.483. The van der Waals surface area contributed by atoms with Gasteiger partial charge in [-0.3, -0.25) is 4.57 Å². The first-order valence-corrected chi connectivity index (χ1v) is 7.74. The molecule has 2 aromatic carbocycles. The molecule has 0 saturated carbocycles. The Labute approximate surface area is 161 Å². The number of carboxylic acid groups (broad SMARTS) is 1. The molecule has 0 amide bonds. The maximum atomic E-state index is 11.3. The number of fused-ring (bicyclic) bond motifs is 1. The molecule has 0 saturated heterocycles. The second kappa shape index (κ2) is 7.09. The van der Waals surface area contributed by atoms with Crippen LogP contribution in [0.1, 0.15) is 13.8 Å². The SMILES string of the molecule is CC(C)(Sc1nc2ccccc2n1-c1ccccc1)C(=O)[O-].[Na+]. The molecular formula is C17H15N2NaO2S. The number of hydrogen-bond donors (Lipinski definition) is 0. The molecule has 0 spiro atoms. The predicted octanol–water partition coefficient (Wildman–Crippen LogP) is -0.350. The Bertz CT molecular complexity index is 831. The van der Waals surface area contributed by atoms with Crippen LogP contribution >= 0.6 is 11.8 Å². The first-order chi connectivity index (χ1) is 10.5. The number of para-hydroxylation sites is 3. The Hall–Kier alpha value is -1.27. The standard InChI is InChI=1S/C17H16N2O2S.Na/c1-17(2,15(20)21)22-16-18-13-10-6-7-11-14(13)19(16)12-8-4-3-5-9-12;/h3-11H,1-2H3,(H,20,21);/q;+1/p-1. The molecule has 0 bridgehead atoms. The van der Waals surface area contributed by atoms with Crippen molar-refractivity contribution in [3.8, 4) is 5.69 Å². The number of carbonyl (C=O) groups excluding carboxylic acids is 1. The number of hydrogen-bond acceptors (Lipinski definition) is 4. The maximum absolute atomic E-state index is 11.3. The minimum absolute atomic E-state index is 0. The zero-order valence-corrected chi connectivity index (χ0v) is 16.1. The molecule has 0 radical (unpaired) electrons. The predicted molar refractivity (Wildman–Crippen MR) is 86.0 cm³/mol. The zero-order chi connectivity index (χ0) is 15.7. The molecule has 6 heteroatoms. The Morgan fingerprint density at radius 3 is 2.35 bits per heavy atom. The minimum Gasteiger partial charge on any atom is -0.549 e. The van der Waals surface area contributed by atoms with Gasteiger partial charge in [-0.25, -0.2) is 4.98 Å². The van der Waals surface area contributed by atoms with E-state index in [9.17, 15) is 9.90 Å². The Kier molecular flexibility index (Phi) is 5.57. The molecule has 1 aromatic heterocycles. The molecular weight excluding hydrogens is 319 g/mol. The largest absolute Gasteiger partial charge is 1.00 e. The van der Waals surface area contributed by atoms with Gasteiger partial charge in [-0.15, -0.1) is 0 Å². The number of carbonyl (C=O) groups is 1. The Morgan fingerprint density at radius 2 is 1.70 bits per heavy atom. The van der Waals surface area contributed by atoms with E-state index in [0.29, 0.717) is 5.16 Å². The third-order valence-electron chi connectivity index (χ3n) is 3.38. The molecule has 0 fully saturated rings. The van der Waals surface area contributed by atoms with Gasteiger partial charge in [-0.05, 0) is 38.1 Å². The number of aliphatic carboxylic acids is 1. The number of thioether (sulfide) groups is 1. The van der Waals surface area contributed by atoms with Gasteiger partial charge in [0.15, 0.2) is 5.16 Å². The van der Waals surface area contributed by atoms with E-state index in [1.807, 2.05) is 59.2 Å². The molecule has 3 aromatic rings. The average molecular weight is 334 g/mol. The molecule has 0 aliphatic heterocycles. The van der Waals surface area contributed by atoms with Gasteiger partial charge in [0.1, 0.15) is 0 Å². The topological polar surface area (TPSA) is 58.0 Å². The van der Waals surface area contributed by atoms with Crippen molar-refractivity contribution in [1.82, 2.24) is 9.55 Å². The Morgan fingerprint density at radius 1 is 1.09 bits per heavy atom. The van der Waals surface area contributed by atoms with E-state index in [1.54, 1.807) is 13.8 Å². The molecule has 23 heavy (non-hydrogen) atoms. The van der Waals surface area contributed by atoms with E-state index in [2.05, 4.69) is 4.98 Å². The van der Waals surface area contributed by atoms with E-state index in [1.165, 1.54) is 11.8 Å². The van der Waals surface area contributed by atoms with Gasteiger partial charge < -0.3 is 9.90 Å². The fraction of sp³-hybridized carbons (Fsp3) is 0.176. The van der Waals surface area contributed by atoms with Gasteiger partial charge in [-0.2, -0.15) is 0 Å². The number of rotatable bonds is 4. The summed E-state index contributed by atoms with van der Waals surface area (Å²) in [4.78, 5) is 15.9. The van der Waals surface area contributed by atoms with Gasteiger partial charge in [0.2, 0.25) is 0 Å². The third-order valence-corrected chi connectivity index (χ3v) is 4.52. The Balaban J connectivity index is 0.00000192. The summed E-state index contributed by atoms with van der Waals surface area (Å²) < 4.78 is 0.915. The number of aromatic nitrogens is 2. The van der Waals surface area contributed by atoms with E-state index < -0.39 is 10.7 Å². The van der Waals surface area contributed by atoms with Gasteiger partial charge >= 0.3 is 29.6 Å². The number of nitrogens with zero attached hydrogens (tertiary/aromatic N) is 2. The first kappa shape index (κ1) is 18.1. The molecule has 1 heterocycles. The van der Waals surface area contributed by atoms with Crippen LogP contribution in [0, 0.1) is 0 Å². The summed E-state index contributed by atoms with van der Waals surface area (Å²) in [6.07, 6.45) is 0. The van der Waals surface area contributed by atoms with Crippen molar-refractivity contribution in [3.05, 3.63) is 54.6 Å². The van der Waals surface area contributed by atoms with Crippen molar-refractivity contribution in [2.75, 3.05) is 0 Å². The summed E-state index contributed by atoms with van der Waals surface area (Å²) in [6.45, 7) is 3.25. The van der Waals surface area contributed by atoms with Crippen LogP contribution in [-0.4, -0.2) is 20.3 Å². The van der Waals surface area contributed by atoms with Gasteiger partial charge in [0.05, 0.1) is 21.7 Å². The number of benzene rings is 2. The summed E-state index contributed by atoms with van der Waals surface area (Å²) in [5.74, 6) is -1.11. The van der Waals surface area contributed by atoms with Gasteiger partial charge in [-0.1, -0.05) is 42.1 Å². The molecule has 0 unspecified atom stereocenters. The van der Waals surface area contributed by atoms with Crippen LogP contribution in [0.4, 0.5) is 0 Å². The molecule has 4 nitrogen and oxygen atoms in total. The summed E-state index contributed by atoms with van der Waals surface area (Å²) in [6, 6.07) is 17.6. The fourth-order valence-electron chi connectivity index (χ4n) is 2.17. The first-order valence-electron chi connectivity index (χ1n) is 6.92. The van der Waals surface area contributed by atoms with E-state index >= 15 is 0 Å². The third kappa shape index (κ3) is 3.63. The molecule has 0 aliphatic carbocycles.